The Hall–Kier alpha value is -7.42. The zero-order valence-electron chi connectivity index (χ0n) is 56.8. The molecular weight excluding hydrogens is 1460 g/mol. The van der Waals surface area contributed by atoms with Crippen molar-refractivity contribution in [3.05, 3.63) is 59.7 Å². The summed E-state index contributed by atoms with van der Waals surface area (Å²) in [6.45, 7) is 3.86. The number of nitrogens with one attached hydrogen (secondary N) is 7. The van der Waals surface area contributed by atoms with Crippen molar-refractivity contribution >= 4 is 159 Å². The number of fused-ring (bicyclic) bond motifs is 20. The standard InChI is InChI=1S/C66H88N10O21S6/c1-4-97-66(96)38(21-36-9-13-42(79)14-10-36)23-54(84)46-30-101-103-31-47-63(93)74-48-32-102-100-29-43(67)52(82)25-40(60(90)71-44(15-18-57(87)88)53(83)22-37(59(89)73-47)20-35-7-11-41(78)12-8-35)28-99-98-27-39(61(91)75-58(34(3)77)50(80)16-17-56(86)70-46)24-51(81)33(2)69-64(94)49-6-5-19-76(49)65(95)45(26-55(68)85)72-62(48)92/h7-14,33-34,37-40,43-49,58,77-79H,4-6,15-32,67H2,1-3H3,(H2,68,85)(H,69,94)(H,70,86)(H,71,90)(H,72,92)(H,73,89)(H,74,93)(H,75,91)(H,87,88)/t33-,34?,37+,38+,39?,40?,43-,44-,45-,46-,47-,48?,49-,58-/m0/s1. The van der Waals surface area contributed by atoms with Crippen molar-refractivity contribution in [1.29, 1.82) is 0 Å². The number of aromatic hydroxyl groups is 2. The Kier molecular flexibility index (Phi) is 34.4. The van der Waals surface area contributed by atoms with Gasteiger partial charge in [-0.3, -0.25) is 76.7 Å². The molecule has 4 fully saturated rings. The fraction of sp³-hybridized carbons (Fsp3) is 0.576. The lowest BCUT2D eigenvalue weighted by Gasteiger charge is -2.30. The summed E-state index contributed by atoms with van der Waals surface area (Å²) in [6.07, 6.45) is -7.74. The largest absolute Gasteiger partial charge is 0.508 e. The lowest BCUT2D eigenvalue weighted by Crippen LogP contribution is -2.60. The molecule has 564 valence electrons. The van der Waals surface area contributed by atoms with Crippen LogP contribution in [0.1, 0.15) is 103 Å². The number of carboxylic acid groups (broad SMARTS) is 1. The summed E-state index contributed by atoms with van der Waals surface area (Å²) < 4.78 is 5.35. The highest BCUT2D eigenvalue weighted by atomic mass is 33.1. The number of hydrogen-bond donors (Lipinski definition) is 13. The number of carbonyl (C=O) groups excluding carboxylic acids is 15. The Morgan fingerprint density at radius 3 is 1.78 bits per heavy atom. The predicted molar refractivity (Wildman–Crippen MR) is 386 cm³/mol. The lowest BCUT2D eigenvalue weighted by atomic mass is 9.89. The number of phenols is 2. The van der Waals surface area contributed by atoms with E-state index in [4.69, 9.17) is 16.2 Å². The molecule has 2 aromatic rings. The summed E-state index contributed by atoms with van der Waals surface area (Å²) in [5, 5.41) is 59.4. The monoisotopic (exact) mass is 1550 g/mol. The Morgan fingerprint density at radius 2 is 1.17 bits per heavy atom. The number of benzene rings is 2. The molecule has 4 heterocycles. The number of aliphatic hydroxyl groups is 1. The van der Waals surface area contributed by atoms with Gasteiger partial charge in [0.15, 0.2) is 28.9 Å². The number of amides is 9. The highest BCUT2D eigenvalue weighted by molar-refractivity contribution is 8.77. The van der Waals surface area contributed by atoms with E-state index in [-0.39, 0.29) is 73.3 Å². The number of phenolic OH excluding ortho intramolecular Hbond substituents is 2. The van der Waals surface area contributed by atoms with Crippen LogP contribution in [0.3, 0.4) is 0 Å². The topological polar surface area (TPSA) is 503 Å². The van der Waals surface area contributed by atoms with Crippen molar-refractivity contribution in [3.63, 3.8) is 0 Å². The number of carbonyl (C=O) groups is 16. The third-order valence-corrected chi connectivity index (χ3v) is 24.7. The number of nitrogens with zero attached hydrogens (tertiary/aromatic N) is 1. The molecule has 0 spiro atoms. The van der Waals surface area contributed by atoms with Crippen LogP contribution in [-0.4, -0.2) is 227 Å². The second kappa shape index (κ2) is 41.9. The normalized spacial score (nSPS) is 27.4. The number of hydrogen-bond acceptors (Lipinski definition) is 27. The number of ether oxygens (including phenoxy) is 1. The van der Waals surface area contributed by atoms with Gasteiger partial charge in [0.05, 0.1) is 61.1 Å². The van der Waals surface area contributed by atoms with Gasteiger partial charge in [-0.25, -0.2) is 0 Å². The van der Waals surface area contributed by atoms with Gasteiger partial charge in [0.2, 0.25) is 53.2 Å². The molecule has 14 atom stereocenters. The maximum absolute atomic E-state index is 15.2. The molecule has 15 N–H and O–H groups in total. The number of esters is 1. The molecule has 0 radical (unpaired) electrons. The van der Waals surface area contributed by atoms with Crippen LogP contribution < -0.4 is 48.7 Å². The summed E-state index contributed by atoms with van der Waals surface area (Å²) in [4.78, 5) is 230. The first kappa shape index (κ1) is 84.5. The maximum Gasteiger partial charge on any atom is 0.309 e. The van der Waals surface area contributed by atoms with Crippen LogP contribution in [0.25, 0.3) is 0 Å². The van der Waals surface area contributed by atoms with Gasteiger partial charge < -0.3 is 78.7 Å². The number of nitrogens with two attached hydrogens (primary N) is 2. The minimum atomic E-state index is -1.81. The smallest absolute Gasteiger partial charge is 0.309 e. The van der Waals surface area contributed by atoms with Crippen LogP contribution in [-0.2, 0) is 94.3 Å². The fourth-order valence-electron chi connectivity index (χ4n) is 11.4. The highest BCUT2D eigenvalue weighted by Crippen LogP contribution is 2.32. The molecule has 4 saturated heterocycles. The Morgan fingerprint density at radius 1 is 0.621 bits per heavy atom. The number of primary amides is 1. The van der Waals surface area contributed by atoms with Crippen molar-refractivity contribution in [2.45, 2.75) is 165 Å². The van der Waals surface area contributed by atoms with Crippen LogP contribution in [0.4, 0.5) is 0 Å². The van der Waals surface area contributed by atoms with Crippen LogP contribution >= 0.6 is 64.8 Å². The second-order valence-electron chi connectivity index (χ2n) is 25.4. The Bertz CT molecular complexity index is 3430. The van der Waals surface area contributed by atoms with E-state index < -0.39 is 247 Å². The molecule has 4 aliphatic heterocycles. The van der Waals surface area contributed by atoms with Gasteiger partial charge >= 0.3 is 11.9 Å². The highest BCUT2D eigenvalue weighted by Gasteiger charge is 2.42. The molecule has 31 nitrogen and oxygen atoms in total. The molecule has 0 aliphatic carbocycles. The first-order valence-electron chi connectivity index (χ1n) is 33.4. The summed E-state index contributed by atoms with van der Waals surface area (Å²) in [5.41, 5.74) is 13.1. The van der Waals surface area contributed by atoms with Crippen molar-refractivity contribution in [2.24, 2.45) is 35.1 Å². The molecule has 4 aliphatic rings. The third-order valence-electron chi connectivity index (χ3n) is 17.3. The molecule has 9 amide bonds. The number of aliphatic hydroxyl groups excluding tert-OH is 1. The minimum Gasteiger partial charge on any atom is -0.508 e. The second-order valence-corrected chi connectivity index (χ2v) is 33.0. The molecular formula is C66H88N10O21S6. The summed E-state index contributed by atoms with van der Waals surface area (Å²) in [5.74, 6) is -22.8. The summed E-state index contributed by atoms with van der Waals surface area (Å²) >= 11 is 0. The van der Waals surface area contributed by atoms with Crippen LogP contribution in [0.15, 0.2) is 48.5 Å². The number of rotatable bonds is 15. The summed E-state index contributed by atoms with van der Waals surface area (Å²) in [6, 6.07) is -2.92. The van der Waals surface area contributed by atoms with Gasteiger partial charge in [-0.1, -0.05) is 89.0 Å². The van der Waals surface area contributed by atoms with E-state index >= 15 is 9.59 Å². The first-order valence-corrected chi connectivity index (χ1v) is 40.8. The third kappa shape index (κ3) is 27.2. The fourth-order valence-corrected chi connectivity index (χ4v) is 18.7. The van der Waals surface area contributed by atoms with E-state index in [1.54, 1.807) is 6.92 Å². The van der Waals surface area contributed by atoms with Gasteiger partial charge in [-0.15, -0.1) is 0 Å². The van der Waals surface area contributed by atoms with E-state index in [0.29, 0.717) is 11.1 Å². The zero-order valence-corrected chi connectivity index (χ0v) is 61.7. The van der Waals surface area contributed by atoms with Crippen molar-refractivity contribution in [3.8, 4) is 11.5 Å². The number of aliphatic carboxylic acids is 1. The average molecular weight is 1550 g/mol. The van der Waals surface area contributed by atoms with Gasteiger partial charge in [0.25, 0.3) is 0 Å². The number of Topliss-reactive ketones (excluding diaryl/α,β-unsaturated/α-hetero) is 5. The van der Waals surface area contributed by atoms with Gasteiger partial charge in [0, 0.05) is 91.9 Å². The van der Waals surface area contributed by atoms with Crippen LogP contribution in [0, 0.1) is 23.7 Å². The maximum atomic E-state index is 15.2. The van der Waals surface area contributed by atoms with Gasteiger partial charge in [-0.05, 0) is 88.3 Å². The van der Waals surface area contributed by atoms with Crippen molar-refractivity contribution in [1.82, 2.24) is 42.1 Å². The molecule has 0 aromatic heterocycles. The molecule has 37 heteroatoms. The molecule has 6 rings (SSSR count). The number of ketones is 5. The first-order chi connectivity index (χ1) is 48.9. The Labute approximate surface area is 617 Å². The van der Waals surface area contributed by atoms with Crippen LogP contribution in [0.5, 0.6) is 11.5 Å². The van der Waals surface area contributed by atoms with E-state index in [9.17, 15) is 87.5 Å². The minimum absolute atomic E-state index is 0.0343. The summed E-state index contributed by atoms with van der Waals surface area (Å²) in [7, 11) is 5.40. The molecule has 4 unspecified atom stereocenters. The number of carboxylic acids is 1. The van der Waals surface area contributed by atoms with E-state index in [2.05, 4.69) is 37.2 Å². The van der Waals surface area contributed by atoms with E-state index in [1.165, 1.54) is 62.4 Å². The van der Waals surface area contributed by atoms with Gasteiger partial charge in [-0.2, -0.15) is 0 Å². The predicted octanol–water partition coefficient (Wildman–Crippen LogP) is 0.135. The SMILES string of the molecule is CCOC(=O)[C@@H](CC(=O)[C@@H]1CSSC[C@@H]2NC(=O)[C@H](Cc3ccc(O)cc3)CC(=O)[C@H](CCC(=O)O)NC(=O)C3CSSCC(CC(=O)[C@H](C)NC(=O)[C@@H]4CCCN4C(=O)[C@H](CC(N)=O)NC(=O)C(CSSC[C@H](N)C(=O)C3)NC2=O)C(=O)N[C@@H](C(C)O)C(=O)CCC(=O)N1)Cc1ccc(O)cc1. The zero-order chi connectivity index (χ0) is 75.6. The molecule has 103 heavy (non-hydrogen) atoms. The lowest BCUT2D eigenvalue weighted by molar-refractivity contribution is -0.149. The van der Waals surface area contributed by atoms with Crippen LogP contribution in [0.2, 0.25) is 0 Å². The van der Waals surface area contributed by atoms with Gasteiger partial charge in [0.1, 0.15) is 41.7 Å². The van der Waals surface area contributed by atoms with E-state index in [0.717, 1.165) is 69.7 Å². The molecule has 0 saturated carbocycles. The molecule has 4 bridgehead atoms. The quantitative estimate of drug-likeness (QED) is 0.0833. The van der Waals surface area contributed by atoms with E-state index in [1.807, 2.05) is 0 Å². The van der Waals surface area contributed by atoms with Crippen molar-refractivity contribution in [2.75, 3.05) is 47.7 Å². The molecule has 2 aromatic carbocycles. The average Bonchev–Trinajstić information content (AvgIpc) is 1.75. The van der Waals surface area contributed by atoms with Crippen molar-refractivity contribution < 1.29 is 102 Å². The Balaban J connectivity index is 1.56.